The van der Waals surface area contributed by atoms with Crippen molar-refractivity contribution < 1.29 is 4.90 Å². The smallest absolute Gasteiger partial charge is 0.267 e. The molecule has 0 radical (unpaired) electrons. The summed E-state index contributed by atoms with van der Waals surface area (Å²) in [7, 11) is 2.19. The van der Waals surface area contributed by atoms with Gasteiger partial charge in [0.2, 0.25) is 0 Å². The first-order valence-electron chi connectivity index (χ1n) is 7.31. The molecule has 0 spiro atoms. The van der Waals surface area contributed by atoms with Crippen LogP contribution in [0.15, 0.2) is 35.1 Å². The van der Waals surface area contributed by atoms with Gasteiger partial charge in [0.15, 0.2) is 4.77 Å². The van der Waals surface area contributed by atoms with Crippen LogP contribution in [0.25, 0.3) is 15.9 Å². The summed E-state index contributed by atoms with van der Waals surface area (Å²) in [5.74, 6) is 0. The monoisotopic (exact) mass is 330 g/mol. The van der Waals surface area contributed by atoms with E-state index in [1.807, 2.05) is 30.3 Å². The lowest BCUT2D eigenvalue weighted by Crippen LogP contribution is -3.08. The Bertz CT molecular complexity index is 969. The lowest BCUT2D eigenvalue weighted by atomic mass is 10.1. The Kier molecular flexibility index (Phi) is 3.25. The first kappa shape index (κ1) is 13.9. The van der Waals surface area contributed by atoms with E-state index in [0.717, 1.165) is 35.4 Å². The fourth-order valence-electron chi connectivity index (χ4n) is 3.10. The maximum Gasteiger partial charge on any atom is 0.267 e. The molecule has 0 saturated heterocycles. The van der Waals surface area contributed by atoms with Crippen molar-refractivity contribution in [1.29, 1.82) is 0 Å². The van der Waals surface area contributed by atoms with Crippen molar-refractivity contribution in [1.82, 2.24) is 9.55 Å². The number of nitrogens with one attached hydrogen (secondary N) is 2. The van der Waals surface area contributed by atoms with Crippen molar-refractivity contribution in [3.05, 3.63) is 55.9 Å². The number of H-pyrrole nitrogens is 1. The van der Waals surface area contributed by atoms with Crippen LogP contribution in [0.5, 0.6) is 0 Å². The molecule has 1 aliphatic rings. The average molecular weight is 330 g/mol. The number of aromatic nitrogens is 2. The molecule has 2 N–H and O–H groups in total. The molecule has 1 unspecified atom stereocenters. The minimum Gasteiger partial charge on any atom is -0.333 e. The van der Waals surface area contributed by atoms with E-state index in [0.29, 0.717) is 4.77 Å². The number of benzene rings is 1. The van der Waals surface area contributed by atoms with Crippen molar-refractivity contribution in [2.24, 2.45) is 0 Å². The predicted molar refractivity (Wildman–Crippen MR) is 91.8 cm³/mol. The fourth-order valence-corrected chi connectivity index (χ4v) is 4.81. The van der Waals surface area contributed by atoms with Crippen LogP contribution >= 0.6 is 23.6 Å². The van der Waals surface area contributed by atoms with Gasteiger partial charge in [-0.25, -0.2) is 0 Å². The van der Waals surface area contributed by atoms with Crippen LogP contribution in [0.1, 0.15) is 10.4 Å². The Balaban J connectivity index is 2.05. The van der Waals surface area contributed by atoms with E-state index in [-0.39, 0.29) is 5.56 Å². The van der Waals surface area contributed by atoms with Gasteiger partial charge in [-0.05, 0) is 29.9 Å². The van der Waals surface area contributed by atoms with E-state index in [1.165, 1.54) is 15.3 Å². The highest BCUT2D eigenvalue weighted by Gasteiger charge is 2.24. The number of thiophene rings is 1. The van der Waals surface area contributed by atoms with Crippen LogP contribution in [0.3, 0.4) is 0 Å². The number of para-hydroxylation sites is 1. The molecule has 6 heteroatoms. The fraction of sp³-hybridized carbons (Fsp3) is 0.250. The van der Waals surface area contributed by atoms with Crippen LogP contribution in [-0.4, -0.2) is 23.1 Å². The van der Waals surface area contributed by atoms with Gasteiger partial charge < -0.3 is 9.88 Å². The molecule has 1 atom stereocenters. The van der Waals surface area contributed by atoms with Gasteiger partial charge in [-0.3, -0.25) is 9.36 Å². The summed E-state index contributed by atoms with van der Waals surface area (Å²) >= 11 is 7.10. The van der Waals surface area contributed by atoms with Gasteiger partial charge >= 0.3 is 0 Å². The number of fused-ring (bicyclic) bond motifs is 3. The second-order valence-electron chi connectivity index (χ2n) is 5.75. The second kappa shape index (κ2) is 5.15. The Morgan fingerprint density at radius 3 is 2.86 bits per heavy atom. The van der Waals surface area contributed by atoms with E-state index in [4.69, 9.17) is 12.2 Å². The average Bonchev–Trinajstić information content (AvgIpc) is 2.85. The van der Waals surface area contributed by atoms with Gasteiger partial charge in [0.25, 0.3) is 5.56 Å². The van der Waals surface area contributed by atoms with E-state index in [2.05, 4.69) is 12.0 Å². The zero-order valence-corrected chi connectivity index (χ0v) is 13.8. The maximum absolute atomic E-state index is 13.0. The highest BCUT2D eigenvalue weighted by atomic mass is 32.1. The van der Waals surface area contributed by atoms with Crippen LogP contribution in [0.4, 0.5) is 0 Å². The number of hydrogen-bond donors (Lipinski definition) is 2. The van der Waals surface area contributed by atoms with Crippen LogP contribution < -0.4 is 10.5 Å². The molecule has 0 aliphatic carbocycles. The van der Waals surface area contributed by atoms with Crippen molar-refractivity contribution in [3.8, 4) is 5.69 Å². The van der Waals surface area contributed by atoms with E-state index >= 15 is 0 Å². The summed E-state index contributed by atoms with van der Waals surface area (Å²) < 4.78 is 2.07. The van der Waals surface area contributed by atoms with Gasteiger partial charge in [-0.1, -0.05) is 18.2 Å². The van der Waals surface area contributed by atoms with Gasteiger partial charge in [-0.2, -0.15) is 0 Å². The van der Waals surface area contributed by atoms with Crippen molar-refractivity contribution >= 4 is 33.8 Å². The molecule has 3 heterocycles. The standard InChI is InChI=1S/C16H15N3OS2/c1-18-8-7-11-12(9-18)22-14-13(11)15(20)19(16(21)17-14)10-5-3-2-4-6-10/h2-6H,7-9H2,1H3,(H,17,21)/p+1. The molecule has 1 aliphatic heterocycles. The molecular weight excluding hydrogens is 314 g/mol. The number of aromatic amines is 1. The first-order chi connectivity index (χ1) is 10.6. The lowest BCUT2D eigenvalue weighted by molar-refractivity contribution is -0.895. The number of quaternary nitrogens is 1. The SMILES string of the molecule is C[NH+]1CCc2c(sc3[nH]c(=S)n(-c4ccccc4)c(=O)c23)C1. The number of nitrogens with zero attached hydrogens (tertiary/aromatic N) is 1. The molecule has 4 rings (SSSR count). The summed E-state index contributed by atoms with van der Waals surface area (Å²) in [6.45, 7) is 2.05. The molecular formula is C16H16N3OS2+. The summed E-state index contributed by atoms with van der Waals surface area (Å²) in [6.07, 6.45) is 0.954. The van der Waals surface area contributed by atoms with Crippen LogP contribution in [0, 0.1) is 4.77 Å². The Labute approximate surface area is 136 Å². The largest absolute Gasteiger partial charge is 0.333 e. The van der Waals surface area contributed by atoms with Gasteiger partial charge in [0, 0.05) is 6.42 Å². The first-order valence-corrected chi connectivity index (χ1v) is 8.54. The molecule has 22 heavy (non-hydrogen) atoms. The number of hydrogen-bond acceptors (Lipinski definition) is 3. The van der Waals surface area contributed by atoms with Gasteiger partial charge in [0.05, 0.1) is 29.5 Å². The third-order valence-corrected chi connectivity index (χ3v) is 5.64. The minimum absolute atomic E-state index is 0.00185. The summed E-state index contributed by atoms with van der Waals surface area (Å²) in [6, 6.07) is 9.59. The quantitative estimate of drug-likeness (QED) is 0.667. The molecule has 1 aromatic carbocycles. The minimum atomic E-state index is 0.00185. The summed E-state index contributed by atoms with van der Waals surface area (Å²) in [5.41, 5.74) is 2.03. The lowest BCUT2D eigenvalue weighted by Gasteiger charge is -2.19. The zero-order valence-electron chi connectivity index (χ0n) is 12.2. The molecule has 0 saturated carbocycles. The Morgan fingerprint density at radius 2 is 2.09 bits per heavy atom. The van der Waals surface area contributed by atoms with E-state index in [9.17, 15) is 4.79 Å². The van der Waals surface area contributed by atoms with Gasteiger partial charge in [0.1, 0.15) is 11.4 Å². The molecule has 0 fully saturated rings. The molecule has 4 nitrogen and oxygen atoms in total. The van der Waals surface area contributed by atoms with E-state index < -0.39 is 0 Å². The zero-order chi connectivity index (χ0) is 15.3. The van der Waals surface area contributed by atoms with Crippen LogP contribution in [-0.2, 0) is 13.0 Å². The molecule has 112 valence electrons. The Hall–Kier alpha value is -1.76. The molecule has 0 bridgehead atoms. The summed E-state index contributed by atoms with van der Waals surface area (Å²) in [5, 5.41) is 0.824. The van der Waals surface area contributed by atoms with E-state index in [1.54, 1.807) is 15.9 Å². The number of rotatable bonds is 1. The van der Waals surface area contributed by atoms with Crippen molar-refractivity contribution in [2.45, 2.75) is 13.0 Å². The molecule has 3 aromatic rings. The molecule has 2 aromatic heterocycles. The highest BCUT2D eigenvalue weighted by molar-refractivity contribution is 7.71. The maximum atomic E-state index is 13.0. The Morgan fingerprint density at radius 1 is 1.32 bits per heavy atom. The predicted octanol–water partition coefficient (Wildman–Crippen LogP) is 1.68. The summed E-state index contributed by atoms with van der Waals surface area (Å²) in [4.78, 5) is 20.0. The number of likely N-dealkylation sites (N-methyl/N-ethyl adjacent to an activating group) is 1. The second-order valence-corrected chi connectivity index (χ2v) is 7.24. The van der Waals surface area contributed by atoms with Crippen LogP contribution in [0.2, 0.25) is 0 Å². The van der Waals surface area contributed by atoms with Crippen molar-refractivity contribution in [2.75, 3.05) is 13.6 Å². The topological polar surface area (TPSA) is 42.2 Å². The van der Waals surface area contributed by atoms with Gasteiger partial charge in [-0.15, -0.1) is 11.3 Å². The molecule has 0 amide bonds. The third-order valence-electron chi connectivity index (χ3n) is 4.21. The highest BCUT2D eigenvalue weighted by Crippen LogP contribution is 2.29. The van der Waals surface area contributed by atoms with Crippen molar-refractivity contribution in [3.63, 3.8) is 0 Å². The third kappa shape index (κ3) is 2.06. The normalized spacial score (nSPS) is 17.6.